The van der Waals surface area contributed by atoms with Gasteiger partial charge < -0.3 is 9.47 Å². The Balaban J connectivity index is 1.40. The van der Waals surface area contributed by atoms with Crippen LogP contribution in [0.25, 0.3) is 16.9 Å². The van der Waals surface area contributed by atoms with Crippen molar-refractivity contribution < 1.29 is 0 Å². The number of nitrogens with one attached hydrogen (secondary N) is 1. The third-order valence-corrected chi connectivity index (χ3v) is 7.34. The molecule has 0 amide bonds. The fraction of sp³-hybridized carbons (Fsp3) is 0.478. The number of anilines is 1. The lowest BCUT2D eigenvalue weighted by atomic mass is 9.92. The molecule has 184 valence electrons. The number of rotatable bonds is 7. The highest BCUT2D eigenvalue weighted by molar-refractivity contribution is 7.99. The van der Waals surface area contributed by atoms with Crippen molar-refractivity contribution in [1.82, 2.24) is 39.3 Å². The molecule has 5 rings (SSSR count). The number of hydrogen-bond acceptors (Lipinski definition) is 8. The van der Waals surface area contributed by atoms with E-state index in [1.807, 2.05) is 34.9 Å². The van der Waals surface area contributed by atoms with E-state index in [0.29, 0.717) is 34.7 Å². The number of tetrazole rings is 1. The van der Waals surface area contributed by atoms with Gasteiger partial charge in [0, 0.05) is 32.4 Å². The Morgan fingerprint density at radius 3 is 2.60 bits per heavy atom. The SMILES string of the molecule is C[C@H]1C[C@H](C)CN(c2nc3c(c(=O)[nH]c(=O)n3C)n2CCCSc2nnnn2-c2ccccc2)C1. The molecule has 0 radical (unpaired) electrons. The summed E-state index contributed by atoms with van der Waals surface area (Å²) in [4.78, 5) is 34.5. The van der Waals surface area contributed by atoms with Gasteiger partial charge in [0.25, 0.3) is 5.56 Å². The summed E-state index contributed by atoms with van der Waals surface area (Å²) in [5.74, 6) is 2.57. The number of hydrogen-bond donors (Lipinski definition) is 1. The van der Waals surface area contributed by atoms with Crippen LogP contribution in [0, 0.1) is 11.8 Å². The summed E-state index contributed by atoms with van der Waals surface area (Å²) >= 11 is 1.57. The Bertz CT molecular complexity index is 1430. The number of piperidine rings is 1. The summed E-state index contributed by atoms with van der Waals surface area (Å²) in [6, 6.07) is 9.77. The van der Waals surface area contributed by atoms with Gasteiger partial charge in [-0.2, -0.15) is 9.67 Å². The lowest BCUT2D eigenvalue weighted by Gasteiger charge is -2.35. The van der Waals surface area contributed by atoms with Gasteiger partial charge in [0.1, 0.15) is 0 Å². The fourth-order valence-electron chi connectivity index (χ4n) is 4.89. The van der Waals surface area contributed by atoms with Gasteiger partial charge in [-0.05, 0) is 47.2 Å². The van der Waals surface area contributed by atoms with Gasteiger partial charge in [-0.15, -0.1) is 5.10 Å². The maximum absolute atomic E-state index is 12.8. The number of para-hydroxylation sites is 1. The van der Waals surface area contributed by atoms with Crippen molar-refractivity contribution in [3.05, 3.63) is 51.2 Å². The monoisotopic (exact) mass is 495 g/mol. The minimum absolute atomic E-state index is 0.402. The second-order valence-electron chi connectivity index (χ2n) is 9.32. The van der Waals surface area contributed by atoms with Gasteiger partial charge in [0.05, 0.1) is 5.69 Å². The Hall–Kier alpha value is -3.41. The maximum atomic E-state index is 12.8. The number of H-pyrrole nitrogens is 1. The first-order chi connectivity index (χ1) is 16.9. The van der Waals surface area contributed by atoms with E-state index in [2.05, 4.69) is 39.3 Å². The first kappa shape index (κ1) is 23.3. The minimum atomic E-state index is -0.456. The van der Waals surface area contributed by atoms with Crippen molar-refractivity contribution in [2.45, 2.75) is 38.4 Å². The number of aryl methyl sites for hydroxylation is 2. The van der Waals surface area contributed by atoms with Crippen LogP contribution in [0.3, 0.4) is 0 Å². The van der Waals surface area contributed by atoms with Crippen molar-refractivity contribution in [3.8, 4) is 5.69 Å². The van der Waals surface area contributed by atoms with Crippen molar-refractivity contribution >= 4 is 28.9 Å². The molecule has 1 fully saturated rings. The molecule has 0 aliphatic carbocycles. The molecule has 4 aromatic rings. The van der Waals surface area contributed by atoms with Crippen LogP contribution in [0.1, 0.15) is 26.7 Å². The average Bonchev–Trinajstić information content (AvgIpc) is 3.45. The zero-order valence-corrected chi connectivity index (χ0v) is 20.9. The molecule has 35 heavy (non-hydrogen) atoms. The van der Waals surface area contributed by atoms with Crippen LogP contribution in [-0.4, -0.2) is 58.2 Å². The van der Waals surface area contributed by atoms with Crippen LogP contribution in [-0.2, 0) is 13.6 Å². The summed E-state index contributed by atoms with van der Waals surface area (Å²) in [5.41, 5.74) is 0.902. The molecule has 1 aromatic carbocycles. The largest absolute Gasteiger partial charge is 0.342 e. The van der Waals surface area contributed by atoms with E-state index in [0.717, 1.165) is 36.9 Å². The molecule has 1 aliphatic heterocycles. The molecule has 4 heterocycles. The molecule has 2 atom stereocenters. The van der Waals surface area contributed by atoms with Crippen LogP contribution in [0.2, 0.25) is 0 Å². The summed E-state index contributed by atoms with van der Waals surface area (Å²) < 4.78 is 5.11. The van der Waals surface area contributed by atoms with E-state index in [1.165, 1.54) is 11.0 Å². The quantitative estimate of drug-likeness (QED) is 0.306. The average molecular weight is 496 g/mol. The van der Waals surface area contributed by atoms with E-state index in [-0.39, 0.29) is 0 Å². The van der Waals surface area contributed by atoms with E-state index >= 15 is 0 Å². The lowest BCUT2D eigenvalue weighted by Crippen LogP contribution is -2.40. The standard InChI is InChI=1S/C23H29N9O2S/c1-15-12-16(2)14-30(13-15)21-24-19-18(20(33)25-22(34)29(19)3)31(21)10-7-11-35-23-26-27-28-32(23)17-8-5-4-6-9-17/h4-6,8-9,15-16H,7,10-14H2,1-3H3,(H,25,33,34)/t15-,16-/m0/s1. The van der Waals surface area contributed by atoms with Gasteiger partial charge in [-0.25, -0.2) is 4.79 Å². The number of nitrogens with zero attached hydrogens (tertiary/aromatic N) is 8. The van der Waals surface area contributed by atoms with Crippen molar-refractivity contribution in [2.75, 3.05) is 23.7 Å². The summed E-state index contributed by atoms with van der Waals surface area (Å²) in [7, 11) is 1.64. The second kappa shape index (κ2) is 9.68. The number of benzene rings is 1. The molecular weight excluding hydrogens is 466 g/mol. The van der Waals surface area contributed by atoms with Gasteiger partial charge >= 0.3 is 5.69 Å². The zero-order chi connectivity index (χ0) is 24.5. The topological polar surface area (TPSA) is 120 Å². The molecular formula is C23H29N9O2S. The Labute approximate surface area is 206 Å². The third kappa shape index (κ3) is 4.62. The minimum Gasteiger partial charge on any atom is -0.342 e. The van der Waals surface area contributed by atoms with Crippen LogP contribution in [0.4, 0.5) is 5.95 Å². The molecule has 0 saturated carbocycles. The highest BCUT2D eigenvalue weighted by Crippen LogP contribution is 2.28. The van der Waals surface area contributed by atoms with Crippen LogP contribution in [0.15, 0.2) is 45.1 Å². The third-order valence-electron chi connectivity index (χ3n) is 6.34. The highest BCUT2D eigenvalue weighted by Gasteiger charge is 2.27. The van der Waals surface area contributed by atoms with Crippen LogP contribution >= 0.6 is 11.8 Å². The number of aromatic nitrogens is 8. The normalized spacial score (nSPS) is 18.4. The first-order valence-electron chi connectivity index (χ1n) is 11.8. The van der Waals surface area contributed by atoms with E-state index in [4.69, 9.17) is 4.98 Å². The Kier molecular flexibility index (Phi) is 6.46. The predicted molar refractivity (Wildman–Crippen MR) is 135 cm³/mol. The summed E-state index contributed by atoms with van der Waals surface area (Å²) in [5, 5.41) is 12.8. The summed E-state index contributed by atoms with van der Waals surface area (Å²) in [6.45, 7) is 6.82. The van der Waals surface area contributed by atoms with E-state index in [9.17, 15) is 9.59 Å². The Morgan fingerprint density at radius 1 is 1.11 bits per heavy atom. The van der Waals surface area contributed by atoms with E-state index in [1.54, 1.807) is 23.5 Å². The van der Waals surface area contributed by atoms with Gasteiger partial charge in [-0.3, -0.25) is 14.3 Å². The second-order valence-corrected chi connectivity index (χ2v) is 10.4. The smallest absolute Gasteiger partial charge is 0.329 e. The van der Waals surface area contributed by atoms with Crippen molar-refractivity contribution in [1.29, 1.82) is 0 Å². The summed E-state index contributed by atoms with van der Waals surface area (Å²) in [6.07, 6.45) is 1.94. The van der Waals surface area contributed by atoms with Gasteiger partial charge in [0.2, 0.25) is 11.1 Å². The van der Waals surface area contributed by atoms with Crippen LogP contribution in [0.5, 0.6) is 0 Å². The molecule has 12 heteroatoms. The van der Waals surface area contributed by atoms with Gasteiger partial charge in [0.15, 0.2) is 11.2 Å². The fourth-order valence-corrected chi connectivity index (χ4v) is 5.70. The molecule has 0 bridgehead atoms. The van der Waals surface area contributed by atoms with E-state index < -0.39 is 11.2 Å². The zero-order valence-electron chi connectivity index (χ0n) is 20.1. The molecule has 0 unspecified atom stereocenters. The van der Waals surface area contributed by atoms with Crippen molar-refractivity contribution in [3.63, 3.8) is 0 Å². The molecule has 3 aromatic heterocycles. The van der Waals surface area contributed by atoms with Gasteiger partial charge in [-0.1, -0.05) is 43.8 Å². The lowest BCUT2D eigenvalue weighted by molar-refractivity contribution is 0.351. The highest BCUT2D eigenvalue weighted by atomic mass is 32.2. The molecule has 1 saturated heterocycles. The number of fused-ring (bicyclic) bond motifs is 1. The maximum Gasteiger partial charge on any atom is 0.329 e. The molecule has 0 spiro atoms. The number of aromatic amines is 1. The molecule has 11 nitrogen and oxygen atoms in total. The Morgan fingerprint density at radius 2 is 1.86 bits per heavy atom. The predicted octanol–water partition coefficient (Wildman–Crippen LogP) is 2.06. The van der Waals surface area contributed by atoms with Crippen LogP contribution < -0.4 is 16.1 Å². The number of thioether (sulfide) groups is 1. The first-order valence-corrected chi connectivity index (χ1v) is 12.8. The number of imidazole rings is 1. The van der Waals surface area contributed by atoms with Crippen molar-refractivity contribution in [2.24, 2.45) is 18.9 Å². The molecule has 1 N–H and O–H groups in total. The molecule has 1 aliphatic rings.